The second kappa shape index (κ2) is 53.3. The Morgan fingerprint density at radius 1 is 0.647 bits per heavy atom. The average molecular weight is 1790 g/mol. The fourth-order valence-electron chi connectivity index (χ4n) is 11.7. The van der Waals surface area contributed by atoms with Gasteiger partial charge in [-0.1, -0.05) is 72.8 Å². The molecule has 3 fully saturated rings. The molecule has 644 valence electrons. The van der Waals surface area contributed by atoms with Gasteiger partial charge in [-0.3, -0.25) is 24.2 Å². The minimum absolute atomic E-state index is 0. The molecule has 119 heavy (non-hydrogen) atoms. The minimum atomic E-state index is -5.03. The number of hydrazone groups is 3. The van der Waals surface area contributed by atoms with Crippen LogP contribution in [0.5, 0.6) is 0 Å². The third-order valence-electron chi connectivity index (χ3n) is 16.9. The predicted molar refractivity (Wildman–Crippen MR) is 403 cm³/mol. The van der Waals surface area contributed by atoms with Gasteiger partial charge in [0.1, 0.15) is 61.4 Å². The summed E-state index contributed by atoms with van der Waals surface area (Å²) in [7, 11) is 0. The number of benzene rings is 6. The number of carbonyl (C=O) groups excluding carboxylic acids is 4. The van der Waals surface area contributed by atoms with Crippen molar-refractivity contribution >= 4 is 65.7 Å². The normalized spacial score (nSPS) is 19.2. The Hall–Kier alpha value is -5.92. The van der Waals surface area contributed by atoms with Crippen molar-refractivity contribution in [3.05, 3.63) is 218 Å². The van der Waals surface area contributed by atoms with E-state index in [-0.39, 0.29) is 207 Å². The van der Waals surface area contributed by atoms with E-state index in [2.05, 4.69) is 51.6 Å². The van der Waals surface area contributed by atoms with Crippen molar-refractivity contribution in [1.82, 2.24) is 31.4 Å². The summed E-state index contributed by atoms with van der Waals surface area (Å²) in [5, 5.41) is 14.6. The Morgan fingerprint density at radius 3 is 1.45 bits per heavy atom. The van der Waals surface area contributed by atoms with E-state index in [0.717, 1.165) is 11.1 Å². The number of morpholine rings is 3. The number of hydrogen-bond acceptors (Lipinski definition) is 19. The van der Waals surface area contributed by atoms with Crippen molar-refractivity contribution < 1.29 is 228 Å². The Morgan fingerprint density at radius 2 is 1.06 bits per heavy atom. The van der Waals surface area contributed by atoms with Gasteiger partial charge in [0.05, 0.1) is 91.9 Å². The van der Waals surface area contributed by atoms with Crippen LogP contribution < -0.4 is 136 Å². The van der Waals surface area contributed by atoms with Crippen LogP contribution in [-0.4, -0.2) is 134 Å². The van der Waals surface area contributed by atoms with Gasteiger partial charge in [0.2, 0.25) is 11.8 Å². The number of hydrogen-bond donors (Lipinski definition) is 6. The zero-order chi connectivity index (χ0) is 86.3. The van der Waals surface area contributed by atoms with Crippen LogP contribution >= 0.6 is 24.0 Å². The van der Waals surface area contributed by atoms with Crippen LogP contribution in [0.25, 0.3) is 0 Å². The molecule has 4 aliphatic heterocycles. The molecule has 42 heteroatoms. The van der Waals surface area contributed by atoms with Gasteiger partial charge in [-0.15, -0.1) is 24.0 Å². The van der Waals surface area contributed by atoms with Gasteiger partial charge >= 0.3 is 128 Å². The SMILES string of the molecule is CC(=O)N/N=C(\N)CCl.C[C@@H](O[C@H]1OCCN(C/C(N)=N/NC(=O)OC(C)(C)C)[C@H]1c1ccc(F)cc1)c1cc(C(F)(F)F)cc(C(F)(F)F)c1.C[C@@H](O[C@H]1OCCN(CC2=NNC(=O)C2)[C@H]1c1ccc(F)cc1)c1cc(CF)cc(CF)c1.C[C@@H](O[C@H]1OCCN[C@H]1c1ccc(F)cc1)c1cc(CF)cc(CF)c1.Cl.[2H]C(=O)OO[CH-]F.[K+].[K+]. The van der Waals surface area contributed by atoms with Gasteiger partial charge in [-0.25, -0.2) is 51.8 Å². The van der Waals surface area contributed by atoms with Crippen molar-refractivity contribution in [2.45, 2.75) is 155 Å². The maximum absolute atomic E-state index is 13.7. The molecule has 6 aromatic carbocycles. The zero-order valence-electron chi connectivity index (χ0n) is 67.1. The summed E-state index contributed by atoms with van der Waals surface area (Å²) in [6, 6.07) is 26.8. The minimum Gasteiger partial charge on any atom is -0.443 e. The van der Waals surface area contributed by atoms with Crippen LogP contribution in [0.1, 0.15) is 159 Å². The van der Waals surface area contributed by atoms with Crippen LogP contribution in [0.4, 0.5) is 66.3 Å². The summed E-state index contributed by atoms with van der Waals surface area (Å²) in [5.41, 5.74) is 19.5. The standard InChI is InChI=1S/C27H31F7N4O4.C24H26F3N3O3.C20H22F3NO2.C4H8ClN3O.C2H2FO3.ClH.2K/c1-15(17-11-18(26(29,30)31)13-19(12-17)27(32,33)34)41-23-22(16-5-7-20(28)8-6-16)38(9-10-40-23)14-21(35)36-37-24(39)42-25(2,3)4;1-15(19-9-16(12-25)8-17(10-19)13-26)33-24-23(18-2-4-20(27)5-3-18)30(6-7-32-24)14-21-11-22(31)29-28-21;1-13(17-9-14(11-21)8-15(10-17)12-22)26-20-19(24-6-7-25-20)16-2-4-18(23)5-3-16;1-3(9)7-8-4(6)2-5;3-1-5-6-2-4;;;/h5-8,11-13,15,22-23H,9-10,14H2,1-4H3,(H2,35,36)(H,37,39);2-5,8-10,15,23-24H,6-7,11-14H2,1H3,(H,29,31);2-5,8-10,13,19-20,24H,6-7,11-12H2,1H3;2H2,1H3,(H2,6,8)(H,7,9);1-2H;1H;;/q;;;;-1;;2*+1/t15-,22+,23-;15-,23+,24-;13-,19+,20-;;;;;/m111...../s1/i;;;;2D;;;. The van der Waals surface area contributed by atoms with Crippen LogP contribution in [0, 0.1) is 24.3 Å². The average Bonchev–Trinajstić information content (AvgIpc) is 1.08. The molecule has 9 atom stereocenters. The fourth-order valence-corrected chi connectivity index (χ4v) is 11.7. The number of amides is 3. The number of amidine groups is 2. The Kier molecular flexibility index (Phi) is 47.2. The summed E-state index contributed by atoms with van der Waals surface area (Å²) >= 11 is 5.23. The van der Waals surface area contributed by atoms with Gasteiger partial charge in [0.15, 0.2) is 20.2 Å². The Balaban J connectivity index is 0.000000427. The molecule has 6 aromatic rings. The monoisotopic (exact) mass is 1790 g/mol. The van der Waals surface area contributed by atoms with E-state index in [9.17, 15) is 80.6 Å². The maximum atomic E-state index is 13.7. The van der Waals surface area contributed by atoms with Crippen LogP contribution in [-0.2, 0) is 96.4 Å². The third kappa shape index (κ3) is 36.8. The third-order valence-corrected chi connectivity index (χ3v) is 17.1. The quantitative estimate of drug-likeness (QED) is 0.00358. The number of alkyl halides is 11. The molecule has 0 bridgehead atoms. The van der Waals surface area contributed by atoms with Crippen molar-refractivity contribution in [3.63, 3.8) is 0 Å². The van der Waals surface area contributed by atoms with Crippen molar-refractivity contribution in [3.8, 4) is 0 Å². The molecule has 3 amide bonds. The van der Waals surface area contributed by atoms with E-state index in [1.54, 1.807) is 81.1 Å². The van der Waals surface area contributed by atoms with Gasteiger partial charge in [0, 0.05) is 33.1 Å². The van der Waals surface area contributed by atoms with E-state index in [0.29, 0.717) is 89.6 Å². The topological polar surface area (TPSA) is 295 Å². The van der Waals surface area contributed by atoms with Gasteiger partial charge < -0.3 is 64.1 Å². The number of nitrogens with two attached hydrogens (primary N) is 2. The molecule has 0 radical (unpaired) electrons. The number of carbonyl (C=O) groups is 4. The molecule has 4 heterocycles. The molecule has 0 unspecified atom stereocenters. The molecule has 0 saturated carbocycles. The summed E-state index contributed by atoms with van der Waals surface area (Å²) in [4.78, 5) is 53.3. The van der Waals surface area contributed by atoms with Crippen molar-refractivity contribution in [1.29, 1.82) is 0 Å². The van der Waals surface area contributed by atoms with Crippen molar-refractivity contribution in [2.24, 2.45) is 26.8 Å². The molecule has 0 spiro atoms. The second-order valence-corrected chi connectivity index (χ2v) is 27.1. The van der Waals surface area contributed by atoms with Crippen molar-refractivity contribution in [2.75, 3.05) is 58.4 Å². The van der Waals surface area contributed by atoms with E-state index >= 15 is 0 Å². The largest absolute Gasteiger partial charge is 1.00 e. The molecule has 3 saturated heterocycles. The van der Waals surface area contributed by atoms with Gasteiger partial charge in [0.25, 0.3) is 0 Å². The van der Waals surface area contributed by atoms with E-state index in [1.165, 1.54) is 74.5 Å². The molecule has 10 rings (SSSR count). The zero-order valence-corrected chi connectivity index (χ0v) is 73.9. The molecule has 0 aromatic heterocycles. The summed E-state index contributed by atoms with van der Waals surface area (Å²) in [6.07, 6.45) is -16.9. The van der Waals surface area contributed by atoms with Crippen LogP contribution in [0.2, 0.25) is 0 Å². The number of nitrogens with zero attached hydrogens (tertiary/aromatic N) is 5. The van der Waals surface area contributed by atoms with E-state index in [4.69, 9.17) is 57.6 Å². The predicted octanol–water partition coefficient (Wildman–Crippen LogP) is 9.03. The maximum Gasteiger partial charge on any atom is 1.00 e. The Labute approximate surface area is 775 Å². The summed E-state index contributed by atoms with van der Waals surface area (Å²) in [5.74, 6) is -1.36. The van der Waals surface area contributed by atoms with Crippen LogP contribution in [0.3, 0.4) is 0 Å². The van der Waals surface area contributed by atoms with Gasteiger partial charge in [-0.2, -0.15) is 41.6 Å². The molecule has 4 aliphatic rings. The molecule has 0 aliphatic carbocycles. The molecule has 8 N–H and O–H groups in total. The van der Waals surface area contributed by atoms with Gasteiger partial charge in [-0.05, 0) is 159 Å². The fraction of sp³-hybridized carbons (Fsp3) is 0.429. The Bertz CT molecular complexity index is 4200. The first-order valence-electron chi connectivity index (χ1n) is 36.0. The second-order valence-electron chi connectivity index (χ2n) is 26.9. The summed E-state index contributed by atoms with van der Waals surface area (Å²) in [6.45, 7) is 10.9. The number of rotatable bonds is 25. The molecule has 24 nitrogen and oxygen atoms in total. The van der Waals surface area contributed by atoms with E-state index in [1.807, 2.05) is 6.92 Å². The number of nitrogens with one attached hydrogen (secondary N) is 4. The van der Waals surface area contributed by atoms with Crippen LogP contribution in [0.15, 0.2) is 143 Å². The first kappa shape index (κ1) is 105. The smallest absolute Gasteiger partial charge is 0.443 e. The molecular weight excluding hydrogens is 1700 g/mol. The first-order chi connectivity index (χ1) is 55.3. The molecular formula is C77H90Cl2F14K2N11O13+. The summed E-state index contributed by atoms with van der Waals surface area (Å²) < 4.78 is 231. The number of halogens is 16. The van der Waals surface area contributed by atoms with E-state index < -0.39 is 123 Å². The number of ether oxygens (including phenoxy) is 7. The first-order valence-corrected chi connectivity index (χ1v) is 36.0.